The Morgan fingerprint density at radius 3 is 2.53 bits per heavy atom. The van der Waals surface area contributed by atoms with Crippen LogP contribution in [0.2, 0.25) is 0 Å². The minimum atomic E-state index is -0.0425. The van der Waals surface area contributed by atoms with E-state index in [9.17, 15) is 10.2 Å². The van der Waals surface area contributed by atoms with Crippen molar-refractivity contribution in [1.29, 1.82) is 0 Å². The molecule has 0 radical (unpaired) electrons. The van der Waals surface area contributed by atoms with Crippen LogP contribution < -0.4 is 0 Å². The summed E-state index contributed by atoms with van der Waals surface area (Å²) >= 11 is 0. The maximum atomic E-state index is 10.3. The summed E-state index contributed by atoms with van der Waals surface area (Å²) in [7, 11) is 0. The number of hydrogen-bond donors (Lipinski definition) is 2. The summed E-state index contributed by atoms with van der Waals surface area (Å²) in [6.07, 6.45) is 13.2. The van der Waals surface area contributed by atoms with Crippen LogP contribution in [0, 0.1) is 52.3 Å². The third-order valence-electron chi connectivity index (χ3n) is 11.5. The lowest BCUT2D eigenvalue weighted by atomic mass is 9.44. The quantitative estimate of drug-likeness (QED) is 0.640. The van der Waals surface area contributed by atoms with Gasteiger partial charge < -0.3 is 14.9 Å². The first-order chi connectivity index (χ1) is 14.3. The minimum Gasteiger partial charge on any atom is -0.396 e. The molecule has 3 nitrogen and oxygen atoms in total. The van der Waals surface area contributed by atoms with Gasteiger partial charge in [0.15, 0.2) is 0 Å². The third kappa shape index (κ3) is 3.16. The maximum absolute atomic E-state index is 10.3. The van der Waals surface area contributed by atoms with Crippen molar-refractivity contribution in [2.75, 3.05) is 6.61 Å². The molecule has 5 fully saturated rings. The van der Waals surface area contributed by atoms with Gasteiger partial charge >= 0.3 is 0 Å². The Hall–Kier alpha value is -0.120. The molecule has 0 bridgehead atoms. The second kappa shape index (κ2) is 7.73. The highest BCUT2D eigenvalue weighted by Gasteiger charge is 2.65. The van der Waals surface area contributed by atoms with Crippen LogP contribution in [0.5, 0.6) is 0 Å². The van der Waals surface area contributed by atoms with Crippen molar-refractivity contribution < 1.29 is 14.9 Å². The molecule has 1 saturated heterocycles. The van der Waals surface area contributed by atoms with E-state index >= 15 is 0 Å². The molecule has 4 saturated carbocycles. The Labute approximate surface area is 184 Å². The largest absolute Gasteiger partial charge is 0.396 e. The van der Waals surface area contributed by atoms with E-state index in [1.165, 1.54) is 38.5 Å². The van der Waals surface area contributed by atoms with E-state index in [-0.39, 0.29) is 6.10 Å². The predicted octanol–water partition coefficient (Wildman–Crippen LogP) is 5.43. The monoisotopic (exact) mass is 418 g/mol. The highest BCUT2D eigenvalue weighted by molar-refractivity contribution is 5.14. The van der Waals surface area contributed by atoms with Crippen LogP contribution in [0.1, 0.15) is 91.9 Å². The van der Waals surface area contributed by atoms with Crippen molar-refractivity contribution in [3.63, 3.8) is 0 Å². The molecule has 5 rings (SSSR count). The van der Waals surface area contributed by atoms with Crippen molar-refractivity contribution in [2.45, 2.75) is 110 Å². The molecule has 2 N–H and O–H groups in total. The Morgan fingerprint density at radius 2 is 1.77 bits per heavy atom. The maximum Gasteiger partial charge on any atom is 0.0618 e. The van der Waals surface area contributed by atoms with E-state index < -0.39 is 0 Å². The fourth-order valence-electron chi connectivity index (χ4n) is 9.79. The Morgan fingerprint density at radius 1 is 1.00 bits per heavy atom. The van der Waals surface area contributed by atoms with Crippen molar-refractivity contribution in [3.05, 3.63) is 0 Å². The summed E-state index contributed by atoms with van der Waals surface area (Å²) < 4.78 is 6.76. The SMILES string of the molecule is C[C@@H](CO)CC[C@H]1O[C@H]2C[C@H]3[C@@H]4CC[C@H]5C[C@@H](O)CC[C@]5(C)[C@H]4CC[C@]3(C)[C@H]2[C@@H]1C. The van der Waals surface area contributed by atoms with Gasteiger partial charge in [-0.15, -0.1) is 0 Å². The van der Waals surface area contributed by atoms with Gasteiger partial charge in [0.25, 0.3) is 0 Å². The predicted molar refractivity (Wildman–Crippen MR) is 120 cm³/mol. The van der Waals surface area contributed by atoms with Crippen molar-refractivity contribution >= 4 is 0 Å². The summed E-state index contributed by atoms with van der Waals surface area (Å²) in [6, 6.07) is 0. The number of ether oxygens (including phenoxy) is 1. The average Bonchev–Trinajstić information content (AvgIpc) is 3.20. The van der Waals surface area contributed by atoms with E-state index in [1.54, 1.807) is 0 Å². The average molecular weight is 419 g/mol. The molecular weight excluding hydrogens is 372 g/mol. The molecule has 4 aliphatic carbocycles. The fraction of sp³-hybridized carbons (Fsp3) is 1.00. The molecular formula is C27H46O3. The molecule has 0 aromatic rings. The summed E-state index contributed by atoms with van der Waals surface area (Å²) in [5.74, 6) is 5.13. The zero-order chi connectivity index (χ0) is 21.3. The molecule has 0 unspecified atom stereocenters. The van der Waals surface area contributed by atoms with Crippen molar-refractivity contribution in [1.82, 2.24) is 0 Å². The number of fused-ring (bicyclic) bond motifs is 7. The first-order valence-corrected chi connectivity index (χ1v) is 13.2. The summed E-state index contributed by atoms with van der Waals surface area (Å²) in [4.78, 5) is 0. The number of aliphatic hydroxyl groups excluding tert-OH is 2. The number of hydrogen-bond acceptors (Lipinski definition) is 3. The van der Waals surface area contributed by atoms with Gasteiger partial charge in [0.2, 0.25) is 0 Å². The van der Waals surface area contributed by atoms with E-state index in [1.807, 2.05) is 0 Å². The summed E-state index contributed by atoms with van der Waals surface area (Å²) in [5, 5.41) is 19.7. The van der Waals surface area contributed by atoms with Gasteiger partial charge in [0, 0.05) is 6.61 Å². The van der Waals surface area contributed by atoms with E-state index in [2.05, 4.69) is 27.7 Å². The smallest absolute Gasteiger partial charge is 0.0618 e. The molecule has 3 heteroatoms. The van der Waals surface area contributed by atoms with Gasteiger partial charge in [-0.2, -0.15) is 0 Å². The van der Waals surface area contributed by atoms with E-state index in [0.717, 1.165) is 55.3 Å². The van der Waals surface area contributed by atoms with Crippen LogP contribution in [0.15, 0.2) is 0 Å². The van der Waals surface area contributed by atoms with Gasteiger partial charge in [-0.1, -0.05) is 27.7 Å². The molecule has 0 aromatic heterocycles. The number of rotatable bonds is 4. The summed E-state index contributed by atoms with van der Waals surface area (Å²) in [6.45, 7) is 10.2. The lowest BCUT2D eigenvalue weighted by Crippen LogP contribution is -2.54. The highest BCUT2D eigenvalue weighted by atomic mass is 16.5. The minimum absolute atomic E-state index is 0.0425. The van der Waals surface area contributed by atoms with Crippen LogP contribution in [-0.4, -0.2) is 35.1 Å². The van der Waals surface area contributed by atoms with Gasteiger partial charge in [0.05, 0.1) is 18.3 Å². The molecule has 0 spiro atoms. The second-order valence-corrected chi connectivity index (χ2v) is 12.8. The molecule has 5 aliphatic rings. The molecule has 1 aliphatic heterocycles. The van der Waals surface area contributed by atoms with E-state index in [0.29, 0.717) is 41.5 Å². The molecule has 1 heterocycles. The lowest BCUT2D eigenvalue weighted by molar-refractivity contribution is -0.130. The van der Waals surface area contributed by atoms with Crippen LogP contribution in [0.3, 0.4) is 0 Å². The zero-order valence-electron chi connectivity index (χ0n) is 19.9. The highest BCUT2D eigenvalue weighted by Crippen LogP contribution is 2.70. The van der Waals surface area contributed by atoms with Gasteiger partial charge in [-0.25, -0.2) is 0 Å². The molecule has 172 valence electrons. The first kappa shape index (κ1) is 21.7. The first-order valence-electron chi connectivity index (χ1n) is 13.2. The summed E-state index contributed by atoms with van der Waals surface area (Å²) in [5.41, 5.74) is 0.927. The van der Waals surface area contributed by atoms with E-state index in [4.69, 9.17) is 4.74 Å². The van der Waals surface area contributed by atoms with Crippen LogP contribution in [0.25, 0.3) is 0 Å². The zero-order valence-corrected chi connectivity index (χ0v) is 19.9. The van der Waals surface area contributed by atoms with Gasteiger partial charge in [-0.05, 0) is 116 Å². The third-order valence-corrected chi connectivity index (χ3v) is 11.5. The lowest BCUT2D eigenvalue weighted by Gasteiger charge is -2.61. The van der Waals surface area contributed by atoms with Gasteiger partial charge in [0.1, 0.15) is 0 Å². The molecule has 12 atom stereocenters. The van der Waals surface area contributed by atoms with Crippen LogP contribution in [0.4, 0.5) is 0 Å². The molecule has 0 amide bonds. The normalized spacial score (nSPS) is 56.0. The van der Waals surface area contributed by atoms with Crippen LogP contribution >= 0.6 is 0 Å². The Bertz CT molecular complexity index is 636. The Kier molecular flexibility index (Phi) is 5.60. The topological polar surface area (TPSA) is 49.7 Å². The standard InChI is InChI=1S/C27H46O3/c1-16(15-28)5-8-23-17(2)25-24(30-23)14-22-20-7-6-18-13-19(29)9-11-26(18,3)21(20)10-12-27(22,25)4/h16-25,28-29H,5-15H2,1-4H3/t16-,17-,18+,19+,20-,21+,22+,23-,24+,25+,26+,27+/m1/s1. The van der Waals surface area contributed by atoms with Gasteiger partial charge in [-0.3, -0.25) is 0 Å². The van der Waals surface area contributed by atoms with Crippen molar-refractivity contribution in [2.24, 2.45) is 52.3 Å². The van der Waals surface area contributed by atoms with Crippen molar-refractivity contribution in [3.8, 4) is 0 Å². The van der Waals surface area contributed by atoms with Crippen LogP contribution in [-0.2, 0) is 4.74 Å². The second-order valence-electron chi connectivity index (χ2n) is 12.8. The molecule has 30 heavy (non-hydrogen) atoms. The fourth-order valence-corrected chi connectivity index (χ4v) is 9.79. The number of aliphatic hydroxyl groups is 2. The Balaban J connectivity index is 1.32. The molecule has 0 aromatic carbocycles.